The fourth-order valence-electron chi connectivity index (χ4n) is 0.702. The molecular weight excluding hydrogens is 180 g/mol. The summed E-state index contributed by atoms with van der Waals surface area (Å²) in [4.78, 5) is 7.61. The highest BCUT2D eigenvalue weighted by molar-refractivity contribution is 6.30. The van der Waals surface area contributed by atoms with Gasteiger partial charge in [0, 0.05) is 5.56 Å². The molecule has 0 aliphatic rings. The summed E-state index contributed by atoms with van der Waals surface area (Å²) in [5, 5.41) is 8.86. The van der Waals surface area contributed by atoms with Gasteiger partial charge in [0.1, 0.15) is 18.1 Å². The second kappa shape index (κ2) is 4.23. The SMILES string of the molecule is Cc1c(Cl)ncnc1OCCO. The molecule has 0 bridgehead atoms. The summed E-state index contributed by atoms with van der Waals surface area (Å²) in [7, 11) is 0. The van der Waals surface area contributed by atoms with Crippen LogP contribution in [0.3, 0.4) is 0 Å². The Hall–Kier alpha value is -0.870. The Kier molecular flexibility index (Phi) is 3.25. The Balaban J connectivity index is 2.78. The quantitative estimate of drug-likeness (QED) is 0.714. The van der Waals surface area contributed by atoms with Crippen molar-refractivity contribution in [3.8, 4) is 5.88 Å². The van der Waals surface area contributed by atoms with E-state index in [1.807, 2.05) is 0 Å². The van der Waals surface area contributed by atoms with Crippen molar-refractivity contribution < 1.29 is 9.84 Å². The van der Waals surface area contributed by atoms with E-state index in [9.17, 15) is 0 Å². The molecule has 66 valence electrons. The summed E-state index contributed by atoms with van der Waals surface area (Å²) in [5.41, 5.74) is 0.688. The first-order valence-electron chi connectivity index (χ1n) is 3.46. The van der Waals surface area contributed by atoms with Crippen LogP contribution in [-0.2, 0) is 0 Å². The van der Waals surface area contributed by atoms with E-state index in [4.69, 9.17) is 21.4 Å². The number of rotatable bonds is 3. The van der Waals surface area contributed by atoms with Gasteiger partial charge in [-0.15, -0.1) is 0 Å². The summed E-state index contributed by atoms with van der Waals surface area (Å²) in [5.74, 6) is 0.420. The lowest BCUT2D eigenvalue weighted by Crippen LogP contribution is -2.04. The van der Waals surface area contributed by atoms with Gasteiger partial charge in [-0.3, -0.25) is 0 Å². The number of hydrogen-bond acceptors (Lipinski definition) is 4. The number of aliphatic hydroxyl groups is 1. The van der Waals surface area contributed by atoms with E-state index in [2.05, 4.69) is 9.97 Å². The second-order valence-corrected chi connectivity index (χ2v) is 2.52. The molecule has 4 nitrogen and oxygen atoms in total. The smallest absolute Gasteiger partial charge is 0.220 e. The molecule has 0 aliphatic carbocycles. The number of nitrogens with zero attached hydrogens (tertiary/aromatic N) is 2. The Morgan fingerprint density at radius 2 is 2.33 bits per heavy atom. The lowest BCUT2D eigenvalue weighted by molar-refractivity contribution is 0.195. The Labute approximate surface area is 75.2 Å². The molecule has 1 rings (SSSR count). The van der Waals surface area contributed by atoms with E-state index in [-0.39, 0.29) is 13.2 Å². The molecule has 0 spiro atoms. The molecule has 0 amide bonds. The van der Waals surface area contributed by atoms with Gasteiger partial charge in [0.2, 0.25) is 5.88 Å². The van der Waals surface area contributed by atoms with Crippen LogP contribution in [0.15, 0.2) is 6.33 Å². The van der Waals surface area contributed by atoms with Crippen LogP contribution < -0.4 is 4.74 Å². The third-order valence-corrected chi connectivity index (χ3v) is 1.69. The lowest BCUT2D eigenvalue weighted by Gasteiger charge is -2.05. The Bertz CT molecular complexity index is 268. The minimum Gasteiger partial charge on any atom is -0.475 e. The number of ether oxygens (including phenoxy) is 1. The normalized spacial score (nSPS) is 9.92. The maximum Gasteiger partial charge on any atom is 0.220 e. The van der Waals surface area contributed by atoms with Crippen molar-refractivity contribution >= 4 is 11.6 Å². The maximum atomic E-state index is 8.49. The predicted molar refractivity (Wildman–Crippen MR) is 44.4 cm³/mol. The highest BCUT2D eigenvalue weighted by Gasteiger charge is 2.04. The minimum atomic E-state index is -0.0406. The molecule has 0 unspecified atom stereocenters. The third-order valence-electron chi connectivity index (χ3n) is 1.31. The van der Waals surface area contributed by atoms with E-state index >= 15 is 0 Å². The molecule has 0 saturated carbocycles. The van der Waals surface area contributed by atoms with Gasteiger partial charge in [0.15, 0.2) is 0 Å². The van der Waals surface area contributed by atoms with Crippen molar-refractivity contribution in [3.63, 3.8) is 0 Å². The van der Waals surface area contributed by atoms with E-state index in [1.165, 1.54) is 6.33 Å². The topological polar surface area (TPSA) is 55.2 Å². The summed E-state index contributed by atoms with van der Waals surface area (Å²) in [6.07, 6.45) is 1.32. The largest absolute Gasteiger partial charge is 0.475 e. The predicted octanol–water partition coefficient (Wildman–Crippen LogP) is 0.810. The van der Waals surface area contributed by atoms with Gasteiger partial charge < -0.3 is 9.84 Å². The summed E-state index contributed by atoms with van der Waals surface area (Å²) >= 11 is 5.70. The minimum absolute atomic E-state index is 0.0406. The lowest BCUT2D eigenvalue weighted by atomic mass is 10.4. The number of aliphatic hydroxyl groups excluding tert-OH is 1. The first kappa shape index (κ1) is 9.22. The monoisotopic (exact) mass is 188 g/mol. The fourth-order valence-corrected chi connectivity index (χ4v) is 0.826. The number of hydrogen-bond donors (Lipinski definition) is 1. The van der Waals surface area contributed by atoms with Crippen LogP contribution >= 0.6 is 11.6 Å². The van der Waals surface area contributed by atoms with Gasteiger partial charge >= 0.3 is 0 Å². The van der Waals surface area contributed by atoms with Crippen LogP contribution in [0.4, 0.5) is 0 Å². The van der Waals surface area contributed by atoms with Crippen LogP contribution in [0.5, 0.6) is 5.88 Å². The molecule has 0 aliphatic heterocycles. The van der Waals surface area contributed by atoms with Crippen LogP contribution in [0.2, 0.25) is 5.15 Å². The van der Waals surface area contributed by atoms with Gasteiger partial charge in [-0.1, -0.05) is 11.6 Å². The molecule has 0 aromatic carbocycles. The summed E-state index contributed by atoms with van der Waals surface area (Å²) < 4.78 is 5.08. The van der Waals surface area contributed by atoms with Gasteiger partial charge in [0.05, 0.1) is 6.61 Å². The molecular formula is C7H9ClN2O2. The van der Waals surface area contributed by atoms with E-state index in [1.54, 1.807) is 6.92 Å². The highest BCUT2D eigenvalue weighted by Crippen LogP contribution is 2.19. The first-order valence-corrected chi connectivity index (χ1v) is 3.84. The van der Waals surface area contributed by atoms with Crippen LogP contribution in [0.1, 0.15) is 5.56 Å². The molecule has 1 N–H and O–H groups in total. The van der Waals surface area contributed by atoms with E-state index in [0.717, 1.165) is 0 Å². The molecule has 0 saturated heterocycles. The van der Waals surface area contributed by atoms with Gasteiger partial charge in [-0.25, -0.2) is 9.97 Å². The van der Waals surface area contributed by atoms with Crippen molar-refractivity contribution in [1.29, 1.82) is 0 Å². The molecule has 5 heteroatoms. The standard InChI is InChI=1S/C7H9ClN2O2/c1-5-6(8)9-4-10-7(5)12-3-2-11/h4,11H,2-3H2,1H3. The number of aromatic nitrogens is 2. The van der Waals surface area contributed by atoms with Crippen molar-refractivity contribution in [2.75, 3.05) is 13.2 Å². The zero-order valence-corrected chi connectivity index (χ0v) is 7.38. The average molecular weight is 189 g/mol. The first-order chi connectivity index (χ1) is 5.75. The van der Waals surface area contributed by atoms with Crippen molar-refractivity contribution in [2.24, 2.45) is 0 Å². The molecule has 12 heavy (non-hydrogen) atoms. The third kappa shape index (κ3) is 2.06. The molecule has 0 atom stereocenters. The second-order valence-electron chi connectivity index (χ2n) is 2.17. The van der Waals surface area contributed by atoms with Crippen LogP contribution in [0.25, 0.3) is 0 Å². The zero-order valence-electron chi connectivity index (χ0n) is 6.62. The Morgan fingerprint density at radius 1 is 1.58 bits per heavy atom. The van der Waals surface area contributed by atoms with Crippen LogP contribution in [-0.4, -0.2) is 28.3 Å². The van der Waals surface area contributed by atoms with Crippen molar-refractivity contribution in [3.05, 3.63) is 17.0 Å². The molecule has 0 fully saturated rings. The van der Waals surface area contributed by atoms with Gasteiger partial charge in [-0.05, 0) is 6.92 Å². The molecule has 1 heterocycles. The van der Waals surface area contributed by atoms with Crippen LogP contribution in [0, 0.1) is 6.92 Å². The Morgan fingerprint density at radius 3 is 3.00 bits per heavy atom. The van der Waals surface area contributed by atoms with Crippen molar-refractivity contribution in [2.45, 2.75) is 6.92 Å². The summed E-state index contributed by atoms with van der Waals surface area (Å²) in [6, 6.07) is 0. The van der Waals surface area contributed by atoms with Crippen molar-refractivity contribution in [1.82, 2.24) is 9.97 Å². The zero-order chi connectivity index (χ0) is 8.97. The fraction of sp³-hybridized carbons (Fsp3) is 0.429. The molecule has 1 aromatic heterocycles. The average Bonchev–Trinajstić information content (AvgIpc) is 2.08. The maximum absolute atomic E-state index is 8.49. The van der Waals surface area contributed by atoms with Gasteiger partial charge in [0.25, 0.3) is 0 Å². The summed E-state index contributed by atoms with van der Waals surface area (Å²) in [6.45, 7) is 1.93. The number of halogens is 1. The molecule has 0 radical (unpaired) electrons. The highest BCUT2D eigenvalue weighted by atomic mass is 35.5. The molecule has 1 aromatic rings. The van der Waals surface area contributed by atoms with Gasteiger partial charge in [-0.2, -0.15) is 0 Å². The van der Waals surface area contributed by atoms with E-state index in [0.29, 0.717) is 16.6 Å². The van der Waals surface area contributed by atoms with E-state index < -0.39 is 0 Å².